The standard InChI is InChI=1S/C17H20FN3O2/c1-12-10-19-20-17(12)15-11-23-9-8-21(15)16(22)7-6-13-4-2-3-5-14(13)18/h2-5,10,15H,6-9,11H2,1H3,(H,19,20)/t15-/m0/s1. The van der Waals surface area contributed by atoms with E-state index in [1.54, 1.807) is 24.4 Å². The summed E-state index contributed by atoms with van der Waals surface area (Å²) in [4.78, 5) is 14.4. The predicted molar refractivity (Wildman–Crippen MR) is 83.3 cm³/mol. The summed E-state index contributed by atoms with van der Waals surface area (Å²) in [5.74, 6) is -0.251. The lowest BCUT2D eigenvalue weighted by Crippen LogP contribution is -2.43. The van der Waals surface area contributed by atoms with Gasteiger partial charge in [-0.05, 0) is 30.5 Å². The number of nitrogens with zero attached hydrogens (tertiary/aromatic N) is 2. The third-order valence-electron chi connectivity index (χ3n) is 4.22. The van der Waals surface area contributed by atoms with E-state index in [9.17, 15) is 9.18 Å². The van der Waals surface area contributed by atoms with Crippen molar-refractivity contribution in [3.8, 4) is 0 Å². The zero-order valence-corrected chi connectivity index (χ0v) is 13.1. The van der Waals surface area contributed by atoms with E-state index in [1.807, 2.05) is 11.8 Å². The molecule has 0 bridgehead atoms. The van der Waals surface area contributed by atoms with E-state index in [0.717, 1.165) is 11.3 Å². The molecule has 3 rings (SSSR count). The zero-order valence-electron chi connectivity index (χ0n) is 13.1. The number of halogens is 1. The minimum atomic E-state index is -0.261. The molecule has 5 nitrogen and oxygen atoms in total. The molecule has 0 spiro atoms. The van der Waals surface area contributed by atoms with E-state index in [0.29, 0.717) is 31.7 Å². The van der Waals surface area contributed by atoms with Crippen LogP contribution in [0.15, 0.2) is 30.5 Å². The van der Waals surface area contributed by atoms with E-state index in [4.69, 9.17) is 4.74 Å². The first-order chi connectivity index (χ1) is 11.2. The molecule has 1 amide bonds. The SMILES string of the molecule is Cc1cn[nH]c1[C@@H]1COCCN1C(=O)CCc1ccccc1F. The molecule has 1 aromatic carbocycles. The van der Waals surface area contributed by atoms with Crippen molar-refractivity contribution in [1.82, 2.24) is 15.1 Å². The third-order valence-corrected chi connectivity index (χ3v) is 4.22. The number of H-pyrrole nitrogens is 1. The Labute approximate surface area is 134 Å². The van der Waals surface area contributed by atoms with Gasteiger partial charge in [0.1, 0.15) is 5.82 Å². The van der Waals surface area contributed by atoms with Gasteiger partial charge in [-0.25, -0.2) is 4.39 Å². The Morgan fingerprint density at radius 3 is 3.04 bits per heavy atom. The van der Waals surface area contributed by atoms with Crippen molar-refractivity contribution in [2.75, 3.05) is 19.8 Å². The van der Waals surface area contributed by atoms with Gasteiger partial charge in [0, 0.05) is 13.0 Å². The largest absolute Gasteiger partial charge is 0.377 e. The van der Waals surface area contributed by atoms with Crippen LogP contribution < -0.4 is 0 Å². The Kier molecular flexibility index (Phi) is 4.71. The molecular weight excluding hydrogens is 297 g/mol. The molecule has 0 unspecified atom stereocenters. The van der Waals surface area contributed by atoms with Gasteiger partial charge >= 0.3 is 0 Å². The number of rotatable bonds is 4. The fourth-order valence-corrected chi connectivity index (χ4v) is 2.92. The summed E-state index contributed by atoms with van der Waals surface area (Å²) in [5.41, 5.74) is 2.49. The maximum atomic E-state index is 13.7. The zero-order chi connectivity index (χ0) is 16.2. The molecule has 0 saturated carbocycles. The third kappa shape index (κ3) is 3.42. The van der Waals surface area contributed by atoms with E-state index in [-0.39, 0.29) is 24.2 Å². The molecule has 1 atom stereocenters. The second-order valence-corrected chi connectivity index (χ2v) is 5.74. The highest BCUT2D eigenvalue weighted by Crippen LogP contribution is 2.26. The molecule has 1 fully saturated rings. The summed E-state index contributed by atoms with van der Waals surface area (Å²) < 4.78 is 19.2. The summed E-state index contributed by atoms with van der Waals surface area (Å²) in [7, 11) is 0. The molecule has 122 valence electrons. The summed E-state index contributed by atoms with van der Waals surface area (Å²) in [6.45, 7) is 3.47. The highest BCUT2D eigenvalue weighted by atomic mass is 19.1. The van der Waals surface area contributed by atoms with E-state index < -0.39 is 0 Å². The van der Waals surface area contributed by atoms with Crippen LogP contribution in [0.2, 0.25) is 0 Å². The predicted octanol–water partition coefficient (Wildman–Crippen LogP) is 2.39. The monoisotopic (exact) mass is 317 g/mol. The molecule has 2 heterocycles. The second kappa shape index (κ2) is 6.91. The van der Waals surface area contributed by atoms with Crippen molar-refractivity contribution in [3.63, 3.8) is 0 Å². The van der Waals surface area contributed by atoms with Gasteiger partial charge in [-0.1, -0.05) is 18.2 Å². The van der Waals surface area contributed by atoms with Crippen LogP contribution in [0, 0.1) is 12.7 Å². The van der Waals surface area contributed by atoms with E-state index in [2.05, 4.69) is 10.2 Å². The van der Waals surface area contributed by atoms with Gasteiger partial charge in [-0.2, -0.15) is 5.10 Å². The van der Waals surface area contributed by atoms with Gasteiger partial charge < -0.3 is 9.64 Å². The van der Waals surface area contributed by atoms with Crippen LogP contribution in [0.5, 0.6) is 0 Å². The number of aromatic amines is 1. The molecule has 1 saturated heterocycles. The van der Waals surface area contributed by atoms with E-state index >= 15 is 0 Å². The Balaban J connectivity index is 1.69. The van der Waals surface area contributed by atoms with Gasteiger partial charge in [0.05, 0.1) is 31.1 Å². The first kappa shape index (κ1) is 15.7. The number of hydrogen-bond donors (Lipinski definition) is 1. The van der Waals surface area contributed by atoms with Gasteiger partial charge in [-0.15, -0.1) is 0 Å². The Morgan fingerprint density at radius 1 is 1.48 bits per heavy atom. The molecule has 0 aliphatic carbocycles. The number of amides is 1. The fourth-order valence-electron chi connectivity index (χ4n) is 2.92. The van der Waals surface area contributed by atoms with Crippen molar-refractivity contribution < 1.29 is 13.9 Å². The summed E-state index contributed by atoms with van der Waals surface area (Å²) in [5, 5.41) is 6.99. The van der Waals surface area contributed by atoms with Crippen molar-refractivity contribution >= 4 is 5.91 Å². The molecule has 1 aliphatic rings. The van der Waals surface area contributed by atoms with Crippen molar-refractivity contribution in [2.45, 2.75) is 25.8 Å². The van der Waals surface area contributed by atoms with Gasteiger partial charge in [0.15, 0.2) is 0 Å². The lowest BCUT2D eigenvalue weighted by atomic mass is 10.1. The van der Waals surface area contributed by atoms with Crippen LogP contribution in [-0.4, -0.2) is 40.8 Å². The number of carbonyl (C=O) groups is 1. The Morgan fingerprint density at radius 2 is 2.30 bits per heavy atom. The number of hydrogen-bond acceptors (Lipinski definition) is 3. The molecule has 6 heteroatoms. The molecule has 23 heavy (non-hydrogen) atoms. The normalized spacial score (nSPS) is 18.2. The lowest BCUT2D eigenvalue weighted by molar-refractivity contribution is -0.140. The average molecular weight is 317 g/mol. The number of benzene rings is 1. The van der Waals surface area contributed by atoms with Crippen molar-refractivity contribution in [3.05, 3.63) is 53.1 Å². The van der Waals surface area contributed by atoms with Crippen LogP contribution >= 0.6 is 0 Å². The van der Waals surface area contributed by atoms with Crippen LogP contribution in [0.25, 0.3) is 0 Å². The Bertz CT molecular complexity index is 686. The van der Waals surface area contributed by atoms with Crippen LogP contribution in [0.1, 0.15) is 29.3 Å². The lowest BCUT2D eigenvalue weighted by Gasteiger charge is -2.35. The highest BCUT2D eigenvalue weighted by Gasteiger charge is 2.30. The van der Waals surface area contributed by atoms with Gasteiger partial charge in [-0.3, -0.25) is 9.89 Å². The molecule has 1 aliphatic heterocycles. The number of morpholine rings is 1. The van der Waals surface area contributed by atoms with Crippen molar-refractivity contribution in [2.24, 2.45) is 0 Å². The molecule has 2 aromatic rings. The molecular formula is C17H20FN3O2. The minimum Gasteiger partial charge on any atom is -0.377 e. The summed E-state index contributed by atoms with van der Waals surface area (Å²) >= 11 is 0. The number of aromatic nitrogens is 2. The van der Waals surface area contributed by atoms with Crippen LogP contribution in [0.3, 0.4) is 0 Å². The number of aryl methyl sites for hydroxylation is 2. The maximum absolute atomic E-state index is 13.7. The topological polar surface area (TPSA) is 58.2 Å². The van der Waals surface area contributed by atoms with Crippen LogP contribution in [-0.2, 0) is 16.0 Å². The molecule has 1 N–H and O–H groups in total. The summed E-state index contributed by atoms with van der Waals surface area (Å²) in [6, 6.07) is 6.43. The maximum Gasteiger partial charge on any atom is 0.223 e. The first-order valence-electron chi connectivity index (χ1n) is 7.77. The molecule has 0 radical (unpaired) electrons. The number of carbonyl (C=O) groups excluding carboxylic acids is 1. The highest BCUT2D eigenvalue weighted by molar-refractivity contribution is 5.77. The number of ether oxygens (including phenoxy) is 1. The first-order valence-corrected chi connectivity index (χ1v) is 7.77. The fraction of sp³-hybridized carbons (Fsp3) is 0.412. The van der Waals surface area contributed by atoms with Gasteiger partial charge in [0.25, 0.3) is 0 Å². The number of nitrogens with one attached hydrogen (secondary N) is 1. The minimum absolute atomic E-state index is 0.00977. The quantitative estimate of drug-likeness (QED) is 0.942. The summed E-state index contributed by atoms with van der Waals surface area (Å²) in [6.07, 6.45) is 2.42. The molecule has 1 aromatic heterocycles. The van der Waals surface area contributed by atoms with Gasteiger partial charge in [0.2, 0.25) is 5.91 Å². The van der Waals surface area contributed by atoms with Crippen molar-refractivity contribution in [1.29, 1.82) is 0 Å². The Hall–Kier alpha value is -2.21. The van der Waals surface area contributed by atoms with E-state index in [1.165, 1.54) is 6.07 Å². The smallest absolute Gasteiger partial charge is 0.223 e. The van der Waals surface area contributed by atoms with Crippen LogP contribution in [0.4, 0.5) is 4.39 Å². The average Bonchev–Trinajstić information content (AvgIpc) is 3.00. The second-order valence-electron chi connectivity index (χ2n) is 5.74.